The Balaban J connectivity index is 2.60. The highest BCUT2D eigenvalue weighted by atomic mass is 32.2. The third-order valence-corrected chi connectivity index (χ3v) is 4.66. The van der Waals surface area contributed by atoms with Crippen LogP contribution in [-0.2, 0) is 19.6 Å². The van der Waals surface area contributed by atoms with Gasteiger partial charge < -0.3 is 10.1 Å². The minimum absolute atomic E-state index is 0.0627. The van der Waals surface area contributed by atoms with E-state index in [1.165, 1.54) is 31.6 Å². The highest BCUT2D eigenvalue weighted by molar-refractivity contribution is 7.89. The Hall–Kier alpha value is -1.51. The highest BCUT2D eigenvalue weighted by Crippen LogP contribution is 2.11. The van der Waals surface area contributed by atoms with Gasteiger partial charge in [-0.1, -0.05) is 0 Å². The maximum absolute atomic E-state index is 12.2. The van der Waals surface area contributed by atoms with Crippen molar-refractivity contribution in [1.29, 1.82) is 0 Å². The SMILES string of the molecule is COCCC(C)NC(=O)CN(C)S(=O)(=O)c1cccnc1. The summed E-state index contributed by atoms with van der Waals surface area (Å²) in [6.07, 6.45) is 3.41. The normalized spacial score (nSPS) is 13.1. The van der Waals surface area contributed by atoms with Gasteiger partial charge in [-0.2, -0.15) is 4.31 Å². The smallest absolute Gasteiger partial charge is 0.244 e. The Morgan fingerprint density at radius 3 is 2.81 bits per heavy atom. The number of carbonyl (C=O) groups is 1. The lowest BCUT2D eigenvalue weighted by molar-refractivity contribution is -0.121. The Morgan fingerprint density at radius 2 is 2.24 bits per heavy atom. The number of sulfonamides is 1. The molecule has 0 fully saturated rings. The molecule has 0 aliphatic carbocycles. The third-order valence-electron chi connectivity index (χ3n) is 2.87. The molecule has 1 amide bonds. The van der Waals surface area contributed by atoms with Crippen LogP contribution in [-0.4, -0.2) is 57.0 Å². The molecule has 1 heterocycles. The number of aromatic nitrogens is 1. The quantitative estimate of drug-likeness (QED) is 0.742. The summed E-state index contributed by atoms with van der Waals surface area (Å²) in [7, 11) is -0.753. The molecule has 1 aromatic heterocycles. The molecule has 118 valence electrons. The predicted octanol–water partition coefficient (Wildman–Crippen LogP) is 0.243. The zero-order chi connectivity index (χ0) is 15.9. The second kappa shape index (κ2) is 8.06. The molecule has 7 nitrogen and oxygen atoms in total. The summed E-state index contributed by atoms with van der Waals surface area (Å²) in [5.74, 6) is -0.353. The first-order valence-electron chi connectivity index (χ1n) is 6.52. The van der Waals surface area contributed by atoms with Crippen LogP contribution in [0.5, 0.6) is 0 Å². The van der Waals surface area contributed by atoms with Gasteiger partial charge in [-0.15, -0.1) is 0 Å². The van der Waals surface area contributed by atoms with Crippen molar-refractivity contribution < 1.29 is 17.9 Å². The first kappa shape index (κ1) is 17.5. The maximum atomic E-state index is 12.2. The van der Waals surface area contributed by atoms with Gasteiger partial charge in [-0.05, 0) is 25.5 Å². The van der Waals surface area contributed by atoms with Gasteiger partial charge in [-0.25, -0.2) is 8.42 Å². The molecule has 0 aliphatic heterocycles. The minimum Gasteiger partial charge on any atom is -0.385 e. The fourth-order valence-corrected chi connectivity index (χ4v) is 2.75. The third kappa shape index (κ3) is 5.41. The Labute approximate surface area is 125 Å². The fourth-order valence-electron chi connectivity index (χ4n) is 1.65. The van der Waals surface area contributed by atoms with Crippen LogP contribution < -0.4 is 5.32 Å². The monoisotopic (exact) mass is 315 g/mol. The summed E-state index contributed by atoms with van der Waals surface area (Å²) in [4.78, 5) is 15.7. The van der Waals surface area contributed by atoms with Gasteiger partial charge in [0, 0.05) is 39.2 Å². The average Bonchev–Trinajstić information content (AvgIpc) is 2.45. The Kier molecular flexibility index (Phi) is 6.73. The molecular formula is C13H21N3O4S. The molecule has 0 aliphatic rings. The van der Waals surface area contributed by atoms with Crippen molar-refractivity contribution in [3.63, 3.8) is 0 Å². The molecule has 0 saturated carbocycles. The van der Waals surface area contributed by atoms with Crippen LogP contribution in [0.1, 0.15) is 13.3 Å². The molecule has 0 bridgehead atoms. The lowest BCUT2D eigenvalue weighted by Gasteiger charge is -2.19. The number of hydrogen-bond donors (Lipinski definition) is 1. The number of hydrogen-bond acceptors (Lipinski definition) is 5. The van der Waals surface area contributed by atoms with Crippen LogP contribution in [0.2, 0.25) is 0 Å². The molecule has 1 unspecified atom stereocenters. The summed E-state index contributed by atoms with van der Waals surface area (Å²) >= 11 is 0. The number of amides is 1. The van der Waals surface area contributed by atoms with E-state index in [4.69, 9.17) is 4.74 Å². The molecule has 1 atom stereocenters. The zero-order valence-corrected chi connectivity index (χ0v) is 13.3. The summed E-state index contributed by atoms with van der Waals surface area (Å²) in [6, 6.07) is 2.90. The topological polar surface area (TPSA) is 88.6 Å². The number of pyridine rings is 1. The van der Waals surface area contributed by atoms with E-state index in [2.05, 4.69) is 10.3 Å². The fraction of sp³-hybridized carbons (Fsp3) is 0.538. The molecular weight excluding hydrogens is 294 g/mol. The van der Waals surface area contributed by atoms with Crippen molar-refractivity contribution in [1.82, 2.24) is 14.6 Å². The van der Waals surface area contributed by atoms with Crippen LogP contribution in [0.4, 0.5) is 0 Å². The van der Waals surface area contributed by atoms with Crippen molar-refractivity contribution in [2.45, 2.75) is 24.3 Å². The molecule has 0 aromatic carbocycles. The minimum atomic E-state index is -3.70. The van der Waals surface area contributed by atoms with E-state index in [-0.39, 0.29) is 23.4 Å². The van der Waals surface area contributed by atoms with Crippen molar-refractivity contribution in [2.24, 2.45) is 0 Å². The van der Waals surface area contributed by atoms with Crippen LogP contribution in [0.3, 0.4) is 0 Å². The van der Waals surface area contributed by atoms with E-state index in [1.807, 2.05) is 6.92 Å². The number of rotatable bonds is 8. The molecule has 1 N–H and O–H groups in total. The first-order valence-corrected chi connectivity index (χ1v) is 7.96. The number of carbonyl (C=O) groups excluding carboxylic acids is 1. The van der Waals surface area contributed by atoms with E-state index >= 15 is 0 Å². The number of likely N-dealkylation sites (N-methyl/N-ethyl adjacent to an activating group) is 1. The predicted molar refractivity (Wildman–Crippen MR) is 78.2 cm³/mol. The average molecular weight is 315 g/mol. The van der Waals surface area contributed by atoms with E-state index in [1.54, 1.807) is 7.11 Å². The molecule has 0 radical (unpaired) electrons. The second-order valence-corrected chi connectivity index (χ2v) is 6.74. The standard InChI is InChI=1S/C13H21N3O4S/c1-11(6-8-20-3)15-13(17)10-16(2)21(18,19)12-5-4-7-14-9-12/h4-5,7,9,11H,6,8,10H2,1-3H3,(H,15,17). The molecule has 8 heteroatoms. The molecule has 1 aromatic rings. The molecule has 0 spiro atoms. The van der Waals surface area contributed by atoms with Gasteiger partial charge in [-0.3, -0.25) is 9.78 Å². The van der Waals surface area contributed by atoms with Gasteiger partial charge in [0.15, 0.2) is 0 Å². The van der Waals surface area contributed by atoms with Gasteiger partial charge >= 0.3 is 0 Å². The van der Waals surface area contributed by atoms with Crippen molar-refractivity contribution in [2.75, 3.05) is 27.3 Å². The molecule has 0 saturated heterocycles. The van der Waals surface area contributed by atoms with Crippen LogP contribution >= 0.6 is 0 Å². The number of ether oxygens (including phenoxy) is 1. The zero-order valence-electron chi connectivity index (χ0n) is 12.4. The number of methoxy groups -OCH3 is 1. The van der Waals surface area contributed by atoms with Crippen molar-refractivity contribution in [3.05, 3.63) is 24.5 Å². The van der Waals surface area contributed by atoms with Gasteiger partial charge in [0.1, 0.15) is 4.90 Å². The number of nitrogens with zero attached hydrogens (tertiary/aromatic N) is 2. The Bertz CT molecular complexity index is 548. The lowest BCUT2D eigenvalue weighted by Crippen LogP contribution is -2.42. The van der Waals surface area contributed by atoms with Crippen LogP contribution in [0.25, 0.3) is 0 Å². The second-order valence-electron chi connectivity index (χ2n) is 4.70. The highest BCUT2D eigenvalue weighted by Gasteiger charge is 2.23. The van der Waals surface area contributed by atoms with Gasteiger partial charge in [0.25, 0.3) is 0 Å². The van der Waals surface area contributed by atoms with Gasteiger partial charge in [0.2, 0.25) is 15.9 Å². The summed E-state index contributed by atoms with van der Waals surface area (Å²) in [5.41, 5.74) is 0. The van der Waals surface area contributed by atoms with E-state index in [0.29, 0.717) is 13.0 Å². The van der Waals surface area contributed by atoms with Crippen LogP contribution in [0.15, 0.2) is 29.4 Å². The van der Waals surface area contributed by atoms with E-state index in [9.17, 15) is 13.2 Å². The molecule has 1 rings (SSSR count). The largest absolute Gasteiger partial charge is 0.385 e. The first-order chi connectivity index (χ1) is 9.87. The summed E-state index contributed by atoms with van der Waals surface area (Å²) in [5, 5.41) is 2.73. The number of nitrogens with one attached hydrogen (secondary N) is 1. The van der Waals surface area contributed by atoms with Crippen molar-refractivity contribution in [3.8, 4) is 0 Å². The maximum Gasteiger partial charge on any atom is 0.244 e. The van der Waals surface area contributed by atoms with Crippen molar-refractivity contribution >= 4 is 15.9 Å². The summed E-state index contributed by atoms with van der Waals surface area (Å²) in [6.45, 7) is 2.13. The summed E-state index contributed by atoms with van der Waals surface area (Å²) < 4.78 is 30.3. The van der Waals surface area contributed by atoms with E-state index in [0.717, 1.165) is 4.31 Å². The molecule has 21 heavy (non-hydrogen) atoms. The van der Waals surface area contributed by atoms with E-state index < -0.39 is 10.0 Å². The van der Waals surface area contributed by atoms with Crippen LogP contribution in [0, 0.1) is 0 Å². The Morgan fingerprint density at radius 1 is 1.52 bits per heavy atom. The van der Waals surface area contributed by atoms with Gasteiger partial charge in [0.05, 0.1) is 6.54 Å². The lowest BCUT2D eigenvalue weighted by atomic mass is 10.2.